The van der Waals surface area contributed by atoms with Crippen LogP contribution in [0.1, 0.15) is 38.4 Å². The SMILES string of the molecule is CCNC(Cc1nccc(C)c1[N+](=O)[O-])CC(C)C. The molecule has 5 heteroatoms. The molecule has 0 bridgehead atoms. The fourth-order valence-corrected chi connectivity index (χ4v) is 2.34. The van der Waals surface area contributed by atoms with E-state index in [2.05, 4.69) is 24.1 Å². The lowest BCUT2D eigenvalue weighted by Gasteiger charge is -2.19. The third-order valence-electron chi connectivity index (χ3n) is 3.07. The summed E-state index contributed by atoms with van der Waals surface area (Å²) in [5.74, 6) is 0.549. The second-order valence-electron chi connectivity index (χ2n) is 5.27. The van der Waals surface area contributed by atoms with Crippen LogP contribution >= 0.6 is 0 Å². The maximum Gasteiger partial charge on any atom is 0.293 e. The molecule has 0 aliphatic heterocycles. The molecule has 0 saturated heterocycles. The van der Waals surface area contributed by atoms with Gasteiger partial charge in [-0.3, -0.25) is 15.1 Å². The van der Waals surface area contributed by atoms with Crippen LogP contribution in [0, 0.1) is 23.0 Å². The first-order valence-electron chi connectivity index (χ1n) is 6.77. The van der Waals surface area contributed by atoms with Crippen LogP contribution < -0.4 is 5.32 Å². The molecule has 0 fully saturated rings. The van der Waals surface area contributed by atoms with Crippen LogP contribution in [0.15, 0.2) is 12.3 Å². The van der Waals surface area contributed by atoms with E-state index >= 15 is 0 Å². The average Bonchev–Trinajstić information content (AvgIpc) is 2.27. The molecule has 0 spiro atoms. The van der Waals surface area contributed by atoms with E-state index in [-0.39, 0.29) is 16.7 Å². The van der Waals surface area contributed by atoms with Crippen molar-refractivity contribution in [3.8, 4) is 0 Å². The summed E-state index contributed by atoms with van der Waals surface area (Å²) in [5, 5.41) is 14.5. The predicted molar refractivity (Wildman–Crippen MR) is 76.3 cm³/mol. The van der Waals surface area contributed by atoms with Gasteiger partial charge in [0.05, 0.1) is 4.92 Å². The summed E-state index contributed by atoms with van der Waals surface area (Å²) in [6, 6.07) is 1.92. The molecule has 19 heavy (non-hydrogen) atoms. The summed E-state index contributed by atoms with van der Waals surface area (Å²) in [5.41, 5.74) is 1.42. The van der Waals surface area contributed by atoms with E-state index in [4.69, 9.17) is 0 Å². The van der Waals surface area contributed by atoms with Gasteiger partial charge in [0.1, 0.15) is 5.69 Å². The molecule has 0 aliphatic carbocycles. The molecule has 0 aliphatic rings. The van der Waals surface area contributed by atoms with Gasteiger partial charge in [0.15, 0.2) is 0 Å². The highest BCUT2D eigenvalue weighted by molar-refractivity contribution is 5.43. The molecule has 106 valence electrons. The molecule has 1 rings (SSSR count). The van der Waals surface area contributed by atoms with Crippen LogP contribution in [-0.4, -0.2) is 22.5 Å². The van der Waals surface area contributed by atoms with Gasteiger partial charge in [-0.25, -0.2) is 0 Å². The molecule has 0 amide bonds. The molecule has 1 unspecified atom stereocenters. The normalized spacial score (nSPS) is 12.7. The van der Waals surface area contributed by atoms with Gasteiger partial charge in [0.25, 0.3) is 5.69 Å². The molecule has 0 radical (unpaired) electrons. The van der Waals surface area contributed by atoms with Crippen molar-refractivity contribution < 1.29 is 4.92 Å². The standard InChI is InChI=1S/C14H23N3O2/c1-5-15-12(8-10(2)3)9-13-14(17(18)19)11(4)6-7-16-13/h6-7,10,12,15H,5,8-9H2,1-4H3. The van der Waals surface area contributed by atoms with Gasteiger partial charge >= 0.3 is 0 Å². The molecule has 1 aromatic heterocycles. The Bertz CT molecular complexity index is 433. The van der Waals surface area contributed by atoms with Crippen LogP contribution in [0.4, 0.5) is 5.69 Å². The summed E-state index contributed by atoms with van der Waals surface area (Å²) >= 11 is 0. The van der Waals surface area contributed by atoms with Gasteiger partial charge in [-0.1, -0.05) is 20.8 Å². The lowest BCUT2D eigenvalue weighted by molar-refractivity contribution is -0.386. The average molecular weight is 265 g/mol. The van der Waals surface area contributed by atoms with Crippen LogP contribution in [0.5, 0.6) is 0 Å². The van der Waals surface area contributed by atoms with Crippen molar-refractivity contribution >= 4 is 5.69 Å². The topological polar surface area (TPSA) is 68.1 Å². The fourth-order valence-electron chi connectivity index (χ4n) is 2.34. The largest absolute Gasteiger partial charge is 0.314 e. The second kappa shape index (κ2) is 7.19. The molecule has 1 N–H and O–H groups in total. The van der Waals surface area contributed by atoms with E-state index in [9.17, 15) is 10.1 Å². The highest BCUT2D eigenvalue weighted by atomic mass is 16.6. The van der Waals surface area contributed by atoms with Crippen LogP contribution in [0.2, 0.25) is 0 Å². The Kier molecular flexibility index (Phi) is 5.89. The number of rotatable bonds is 7. The van der Waals surface area contributed by atoms with E-state index in [1.165, 1.54) is 0 Å². The number of hydrogen-bond acceptors (Lipinski definition) is 4. The predicted octanol–water partition coefficient (Wildman–Crippen LogP) is 2.86. The van der Waals surface area contributed by atoms with Gasteiger partial charge in [-0.15, -0.1) is 0 Å². The third-order valence-corrected chi connectivity index (χ3v) is 3.07. The Hall–Kier alpha value is -1.49. The van der Waals surface area contributed by atoms with Crippen molar-refractivity contribution in [3.63, 3.8) is 0 Å². The van der Waals surface area contributed by atoms with E-state index in [1.807, 2.05) is 6.92 Å². The van der Waals surface area contributed by atoms with Crippen molar-refractivity contribution in [1.29, 1.82) is 0 Å². The number of nitro groups is 1. The number of nitrogens with one attached hydrogen (secondary N) is 1. The van der Waals surface area contributed by atoms with Gasteiger partial charge < -0.3 is 5.32 Å². The lowest BCUT2D eigenvalue weighted by Crippen LogP contribution is -2.32. The van der Waals surface area contributed by atoms with Crippen molar-refractivity contribution in [2.75, 3.05) is 6.54 Å². The van der Waals surface area contributed by atoms with Gasteiger partial charge in [0.2, 0.25) is 0 Å². The van der Waals surface area contributed by atoms with E-state index in [0.717, 1.165) is 13.0 Å². The van der Waals surface area contributed by atoms with Gasteiger partial charge in [-0.2, -0.15) is 0 Å². The number of likely N-dealkylation sites (N-methyl/N-ethyl adjacent to an activating group) is 1. The summed E-state index contributed by atoms with van der Waals surface area (Å²) in [4.78, 5) is 15.0. The second-order valence-corrected chi connectivity index (χ2v) is 5.27. The third kappa shape index (κ3) is 4.59. The Morgan fingerprint density at radius 2 is 2.16 bits per heavy atom. The quantitative estimate of drug-likeness (QED) is 0.608. The van der Waals surface area contributed by atoms with Gasteiger partial charge in [0, 0.05) is 24.2 Å². The van der Waals surface area contributed by atoms with Gasteiger partial charge in [-0.05, 0) is 31.9 Å². The van der Waals surface area contributed by atoms with Crippen LogP contribution in [0.3, 0.4) is 0 Å². The summed E-state index contributed by atoms with van der Waals surface area (Å²) in [7, 11) is 0. The lowest BCUT2D eigenvalue weighted by atomic mass is 9.98. The van der Waals surface area contributed by atoms with Crippen LogP contribution in [0.25, 0.3) is 0 Å². The zero-order valence-corrected chi connectivity index (χ0v) is 12.1. The van der Waals surface area contributed by atoms with Crippen molar-refractivity contribution in [2.45, 2.75) is 46.6 Å². The first kappa shape index (κ1) is 15.6. The Balaban J connectivity index is 2.95. The molecule has 0 saturated carbocycles. The zero-order chi connectivity index (χ0) is 14.4. The minimum absolute atomic E-state index is 0.161. The van der Waals surface area contributed by atoms with E-state index in [1.54, 1.807) is 19.2 Å². The smallest absolute Gasteiger partial charge is 0.293 e. The number of aromatic nitrogens is 1. The highest BCUT2D eigenvalue weighted by Gasteiger charge is 2.21. The molecule has 5 nitrogen and oxygen atoms in total. The highest BCUT2D eigenvalue weighted by Crippen LogP contribution is 2.23. The molecule has 1 aromatic rings. The number of hydrogen-bond donors (Lipinski definition) is 1. The molecular weight excluding hydrogens is 242 g/mol. The van der Waals surface area contributed by atoms with E-state index in [0.29, 0.717) is 23.6 Å². The molecule has 1 atom stereocenters. The number of nitrogens with zero attached hydrogens (tertiary/aromatic N) is 2. The summed E-state index contributed by atoms with van der Waals surface area (Å²) < 4.78 is 0. The fraction of sp³-hybridized carbons (Fsp3) is 0.643. The van der Waals surface area contributed by atoms with Crippen molar-refractivity contribution in [1.82, 2.24) is 10.3 Å². The Morgan fingerprint density at radius 3 is 2.68 bits per heavy atom. The Labute approximate surface area is 114 Å². The minimum Gasteiger partial charge on any atom is -0.314 e. The maximum absolute atomic E-state index is 11.1. The minimum atomic E-state index is -0.323. The summed E-state index contributed by atoms with van der Waals surface area (Å²) in [6.45, 7) is 8.97. The first-order chi connectivity index (χ1) is 8.95. The first-order valence-corrected chi connectivity index (χ1v) is 6.77. The maximum atomic E-state index is 11.1. The van der Waals surface area contributed by atoms with Crippen molar-refractivity contribution in [2.24, 2.45) is 5.92 Å². The van der Waals surface area contributed by atoms with Crippen molar-refractivity contribution in [3.05, 3.63) is 33.6 Å². The Morgan fingerprint density at radius 1 is 1.47 bits per heavy atom. The molecule has 0 aromatic carbocycles. The number of pyridine rings is 1. The number of aryl methyl sites for hydroxylation is 1. The molecule has 1 heterocycles. The zero-order valence-electron chi connectivity index (χ0n) is 12.1. The van der Waals surface area contributed by atoms with Crippen LogP contribution in [-0.2, 0) is 6.42 Å². The monoisotopic (exact) mass is 265 g/mol. The summed E-state index contributed by atoms with van der Waals surface area (Å²) in [6.07, 6.45) is 3.24. The van der Waals surface area contributed by atoms with E-state index < -0.39 is 0 Å². The molecular formula is C14H23N3O2.